The van der Waals surface area contributed by atoms with Crippen LogP contribution in [0, 0.1) is 11.8 Å². The van der Waals surface area contributed by atoms with Crippen molar-refractivity contribution in [1.29, 1.82) is 0 Å². The molecule has 0 radical (unpaired) electrons. The van der Waals surface area contributed by atoms with Gasteiger partial charge in [0.2, 0.25) is 0 Å². The minimum absolute atomic E-state index is 0.321. The van der Waals surface area contributed by atoms with Crippen molar-refractivity contribution in [3.05, 3.63) is 18.3 Å². The molecule has 2 rings (SSSR count). The Morgan fingerprint density at radius 1 is 1.29 bits per heavy atom. The highest BCUT2D eigenvalue weighted by atomic mass is 16.5. The third-order valence-electron chi connectivity index (χ3n) is 3.32. The molecule has 0 aliphatic heterocycles. The Morgan fingerprint density at radius 2 is 2.00 bits per heavy atom. The van der Waals surface area contributed by atoms with Crippen LogP contribution in [0.5, 0.6) is 5.75 Å². The standard InChI is InChI=1S/C13H21N3O/c1-9-5-10(2)7-12(6-9)17-11-3-4-15-13(8-11)16-14/h3-4,8-10,12H,5-7,14H2,1-2H3,(H,15,16). The van der Waals surface area contributed by atoms with Gasteiger partial charge in [0.25, 0.3) is 0 Å². The molecule has 4 heteroatoms. The van der Waals surface area contributed by atoms with Gasteiger partial charge in [0.05, 0.1) is 6.10 Å². The van der Waals surface area contributed by atoms with E-state index >= 15 is 0 Å². The molecule has 4 nitrogen and oxygen atoms in total. The molecule has 94 valence electrons. The fourth-order valence-corrected chi connectivity index (χ4v) is 2.73. The van der Waals surface area contributed by atoms with Gasteiger partial charge < -0.3 is 10.2 Å². The molecule has 2 atom stereocenters. The Bertz CT molecular complexity index is 359. The number of aromatic nitrogens is 1. The van der Waals surface area contributed by atoms with Crippen molar-refractivity contribution in [1.82, 2.24) is 4.98 Å². The molecule has 0 amide bonds. The minimum atomic E-state index is 0.321. The van der Waals surface area contributed by atoms with Gasteiger partial charge in [-0.3, -0.25) is 0 Å². The van der Waals surface area contributed by atoms with Crippen molar-refractivity contribution in [2.45, 2.75) is 39.2 Å². The molecule has 1 fully saturated rings. The number of nitrogens with one attached hydrogen (secondary N) is 1. The van der Waals surface area contributed by atoms with Gasteiger partial charge in [0.1, 0.15) is 11.6 Å². The average molecular weight is 235 g/mol. The number of ether oxygens (including phenoxy) is 1. The molecule has 2 unspecified atom stereocenters. The summed E-state index contributed by atoms with van der Waals surface area (Å²) < 4.78 is 6.00. The van der Waals surface area contributed by atoms with Crippen LogP contribution in [0.4, 0.5) is 5.82 Å². The fourth-order valence-electron chi connectivity index (χ4n) is 2.73. The highest BCUT2D eigenvalue weighted by molar-refractivity contribution is 5.39. The number of hydrogen-bond donors (Lipinski definition) is 2. The Kier molecular flexibility index (Phi) is 3.84. The molecular weight excluding hydrogens is 214 g/mol. The van der Waals surface area contributed by atoms with Crippen LogP contribution in [0.1, 0.15) is 33.1 Å². The zero-order valence-corrected chi connectivity index (χ0v) is 10.5. The van der Waals surface area contributed by atoms with E-state index in [0.717, 1.165) is 30.4 Å². The Hall–Kier alpha value is -1.29. The molecule has 1 aromatic rings. The van der Waals surface area contributed by atoms with Gasteiger partial charge >= 0.3 is 0 Å². The topological polar surface area (TPSA) is 60.2 Å². The molecule has 1 saturated carbocycles. The second kappa shape index (κ2) is 5.36. The van der Waals surface area contributed by atoms with Gasteiger partial charge in [-0.05, 0) is 37.2 Å². The smallest absolute Gasteiger partial charge is 0.143 e. The van der Waals surface area contributed by atoms with E-state index in [9.17, 15) is 0 Å². The maximum absolute atomic E-state index is 6.00. The van der Waals surface area contributed by atoms with E-state index in [1.807, 2.05) is 12.1 Å². The first-order valence-electron chi connectivity index (χ1n) is 6.26. The maximum atomic E-state index is 6.00. The fraction of sp³-hybridized carbons (Fsp3) is 0.615. The molecule has 1 aliphatic carbocycles. The van der Waals surface area contributed by atoms with E-state index in [1.54, 1.807) is 6.20 Å². The van der Waals surface area contributed by atoms with Crippen molar-refractivity contribution >= 4 is 5.82 Å². The van der Waals surface area contributed by atoms with Gasteiger partial charge in [-0.2, -0.15) is 0 Å². The molecule has 0 saturated heterocycles. The summed E-state index contributed by atoms with van der Waals surface area (Å²) in [5, 5.41) is 0. The Labute approximate surface area is 103 Å². The van der Waals surface area contributed by atoms with Crippen molar-refractivity contribution in [2.75, 3.05) is 5.43 Å². The summed E-state index contributed by atoms with van der Waals surface area (Å²) in [6, 6.07) is 3.72. The second-order valence-corrected chi connectivity index (χ2v) is 5.18. The van der Waals surface area contributed by atoms with Crippen LogP contribution >= 0.6 is 0 Å². The van der Waals surface area contributed by atoms with Crippen LogP contribution in [-0.4, -0.2) is 11.1 Å². The van der Waals surface area contributed by atoms with Crippen LogP contribution < -0.4 is 16.0 Å². The lowest BCUT2D eigenvalue weighted by molar-refractivity contribution is 0.101. The quantitative estimate of drug-likeness (QED) is 0.624. The summed E-state index contributed by atoms with van der Waals surface area (Å²) in [6.45, 7) is 4.59. The second-order valence-electron chi connectivity index (χ2n) is 5.18. The molecule has 0 bridgehead atoms. The number of nitrogens with zero attached hydrogens (tertiary/aromatic N) is 1. The largest absolute Gasteiger partial charge is 0.490 e. The molecular formula is C13H21N3O. The van der Waals surface area contributed by atoms with Gasteiger partial charge in [-0.15, -0.1) is 0 Å². The third kappa shape index (κ3) is 3.33. The third-order valence-corrected chi connectivity index (χ3v) is 3.32. The highest BCUT2D eigenvalue weighted by Gasteiger charge is 2.25. The molecule has 1 aromatic heterocycles. The van der Waals surface area contributed by atoms with Crippen molar-refractivity contribution in [3.8, 4) is 5.75 Å². The highest BCUT2D eigenvalue weighted by Crippen LogP contribution is 2.31. The summed E-state index contributed by atoms with van der Waals surface area (Å²) in [5.41, 5.74) is 2.53. The lowest BCUT2D eigenvalue weighted by Gasteiger charge is -2.31. The lowest BCUT2D eigenvalue weighted by atomic mass is 9.82. The SMILES string of the molecule is CC1CC(C)CC(Oc2ccnc(NN)c2)C1. The van der Waals surface area contributed by atoms with E-state index in [4.69, 9.17) is 10.6 Å². The van der Waals surface area contributed by atoms with E-state index in [0.29, 0.717) is 11.9 Å². The van der Waals surface area contributed by atoms with E-state index < -0.39 is 0 Å². The molecule has 1 aliphatic rings. The number of hydrazine groups is 1. The van der Waals surface area contributed by atoms with Crippen LogP contribution in [-0.2, 0) is 0 Å². The first-order chi connectivity index (χ1) is 8.17. The number of anilines is 1. The van der Waals surface area contributed by atoms with Crippen molar-refractivity contribution in [3.63, 3.8) is 0 Å². The summed E-state index contributed by atoms with van der Waals surface area (Å²) in [4.78, 5) is 4.06. The summed E-state index contributed by atoms with van der Waals surface area (Å²) in [6.07, 6.45) is 5.61. The van der Waals surface area contributed by atoms with Crippen molar-refractivity contribution in [2.24, 2.45) is 17.7 Å². The molecule has 1 heterocycles. The normalized spacial score (nSPS) is 28.8. The predicted molar refractivity (Wildman–Crippen MR) is 68.6 cm³/mol. The number of nitrogens with two attached hydrogens (primary N) is 1. The van der Waals surface area contributed by atoms with Gasteiger partial charge in [0, 0.05) is 12.3 Å². The van der Waals surface area contributed by atoms with Gasteiger partial charge in [-0.25, -0.2) is 10.8 Å². The van der Waals surface area contributed by atoms with Crippen LogP contribution in [0.25, 0.3) is 0 Å². The van der Waals surface area contributed by atoms with Crippen LogP contribution in [0.15, 0.2) is 18.3 Å². The Balaban J connectivity index is 1.99. The zero-order valence-electron chi connectivity index (χ0n) is 10.5. The zero-order chi connectivity index (χ0) is 12.3. The molecule has 0 aromatic carbocycles. The number of rotatable bonds is 3. The molecule has 3 N–H and O–H groups in total. The van der Waals surface area contributed by atoms with Crippen molar-refractivity contribution < 1.29 is 4.74 Å². The maximum Gasteiger partial charge on any atom is 0.143 e. The number of nitrogen functional groups attached to an aromatic ring is 1. The van der Waals surface area contributed by atoms with Crippen LogP contribution in [0.2, 0.25) is 0 Å². The monoisotopic (exact) mass is 235 g/mol. The lowest BCUT2D eigenvalue weighted by Crippen LogP contribution is -2.28. The Morgan fingerprint density at radius 3 is 2.65 bits per heavy atom. The first kappa shape index (κ1) is 12.2. The van der Waals surface area contributed by atoms with E-state index in [-0.39, 0.29) is 0 Å². The predicted octanol–water partition coefficient (Wildman–Crippen LogP) is 2.57. The molecule has 0 spiro atoms. The summed E-state index contributed by atoms with van der Waals surface area (Å²) in [7, 11) is 0. The van der Waals surface area contributed by atoms with Gasteiger partial charge in [-0.1, -0.05) is 13.8 Å². The van der Waals surface area contributed by atoms with E-state index in [1.165, 1.54) is 6.42 Å². The summed E-state index contributed by atoms with van der Waals surface area (Å²) in [5.74, 6) is 8.31. The first-order valence-corrected chi connectivity index (χ1v) is 6.26. The molecule has 17 heavy (non-hydrogen) atoms. The summed E-state index contributed by atoms with van der Waals surface area (Å²) >= 11 is 0. The van der Waals surface area contributed by atoms with Crippen LogP contribution in [0.3, 0.4) is 0 Å². The minimum Gasteiger partial charge on any atom is -0.490 e. The van der Waals surface area contributed by atoms with Gasteiger partial charge in [0.15, 0.2) is 0 Å². The number of pyridine rings is 1. The number of hydrogen-bond acceptors (Lipinski definition) is 4. The average Bonchev–Trinajstić information content (AvgIpc) is 2.28. The van der Waals surface area contributed by atoms with E-state index in [2.05, 4.69) is 24.3 Å².